The van der Waals surface area contributed by atoms with E-state index in [1.165, 1.54) is 25.0 Å². The number of amides is 1. The second kappa shape index (κ2) is 15.1. The fraction of sp³-hybridized carbons (Fsp3) is 0.882. The molecule has 0 aromatic carbocycles. The number of aliphatic imine (C=N–C) groups is 2. The van der Waals surface area contributed by atoms with Gasteiger partial charge in [0.05, 0.1) is 6.01 Å². The summed E-state index contributed by atoms with van der Waals surface area (Å²) in [6, 6.07) is 2.68. The minimum Gasteiger partial charge on any atom is -0.356 e. The number of carbonyl (C=O) groups is 1. The number of hydrogen-bond donors (Lipinski definition) is 1. The number of nitrogens with zero attached hydrogens (tertiary/aromatic N) is 2. The zero-order valence-electron chi connectivity index (χ0n) is 14.4. The van der Waals surface area contributed by atoms with Gasteiger partial charge in [-0.25, -0.2) is 9.98 Å². The van der Waals surface area contributed by atoms with Gasteiger partial charge in [-0.2, -0.15) is 0 Å². The molecule has 0 radical (unpaired) electrons. The van der Waals surface area contributed by atoms with Crippen LogP contribution in [0.5, 0.6) is 0 Å². The van der Waals surface area contributed by atoms with Crippen LogP contribution in [0, 0.1) is 0 Å². The Morgan fingerprint density at radius 3 is 2.83 bits per heavy atom. The summed E-state index contributed by atoms with van der Waals surface area (Å²) in [5.41, 5.74) is 0. The van der Waals surface area contributed by atoms with Gasteiger partial charge in [0.2, 0.25) is 5.91 Å². The lowest BCUT2D eigenvalue weighted by Gasteiger charge is -2.07. The van der Waals surface area contributed by atoms with Crippen LogP contribution in [0.15, 0.2) is 9.98 Å². The first-order chi connectivity index (χ1) is 11.3. The van der Waals surface area contributed by atoms with E-state index in [2.05, 4.69) is 21.3 Å². The molecule has 1 aliphatic heterocycles. The quantitative estimate of drug-likeness (QED) is 0.298. The molecule has 4 nitrogen and oxygen atoms in total. The second-order valence-electron chi connectivity index (χ2n) is 5.79. The minimum absolute atomic E-state index is 0.221. The zero-order valence-corrected chi connectivity index (χ0v) is 16.0. The molecule has 23 heavy (non-hydrogen) atoms. The number of nitrogens with one attached hydrogen (secondary N) is 1. The molecule has 0 aromatic rings. The monoisotopic (exact) mass is 357 g/mol. The van der Waals surface area contributed by atoms with Gasteiger partial charge in [-0.3, -0.25) is 4.79 Å². The molecule has 1 fully saturated rings. The van der Waals surface area contributed by atoms with Crippen LogP contribution in [0.3, 0.4) is 0 Å². The largest absolute Gasteiger partial charge is 0.356 e. The molecule has 1 heterocycles. The average molecular weight is 358 g/mol. The molecule has 6 heteroatoms. The van der Waals surface area contributed by atoms with E-state index in [0.29, 0.717) is 6.42 Å². The van der Waals surface area contributed by atoms with E-state index < -0.39 is 0 Å². The van der Waals surface area contributed by atoms with E-state index in [0.717, 1.165) is 57.0 Å². The molecule has 1 unspecified atom stereocenters. The summed E-state index contributed by atoms with van der Waals surface area (Å²) >= 11 is 0. The minimum atomic E-state index is 0.221. The summed E-state index contributed by atoms with van der Waals surface area (Å²) in [5, 5.41) is 3.86. The molecule has 0 saturated carbocycles. The van der Waals surface area contributed by atoms with Crippen LogP contribution < -0.4 is 5.32 Å². The summed E-state index contributed by atoms with van der Waals surface area (Å²) in [5.74, 6) is 1.52. The van der Waals surface area contributed by atoms with E-state index in [9.17, 15) is 4.79 Å². The highest BCUT2D eigenvalue weighted by molar-refractivity contribution is 8.77. The summed E-state index contributed by atoms with van der Waals surface area (Å²) in [4.78, 5) is 19.7. The molecule has 132 valence electrons. The maximum absolute atomic E-state index is 11.7. The Hall–Kier alpha value is -0.450. The highest BCUT2D eigenvalue weighted by Crippen LogP contribution is 2.39. The first-order valence-corrected chi connectivity index (χ1v) is 11.3. The molecule has 1 amide bonds. The van der Waals surface area contributed by atoms with Gasteiger partial charge in [0, 0.05) is 37.1 Å². The summed E-state index contributed by atoms with van der Waals surface area (Å²) < 4.78 is 0. The third kappa shape index (κ3) is 12.6. The van der Waals surface area contributed by atoms with Crippen LogP contribution in [0.2, 0.25) is 0 Å². The van der Waals surface area contributed by atoms with Crippen molar-refractivity contribution in [2.75, 3.05) is 25.4 Å². The van der Waals surface area contributed by atoms with Crippen LogP contribution in [0.1, 0.15) is 64.7 Å². The average Bonchev–Trinajstić information content (AvgIpc) is 3.07. The molecular formula is C17H31N3OS2. The van der Waals surface area contributed by atoms with Crippen molar-refractivity contribution in [3.8, 4) is 0 Å². The van der Waals surface area contributed by atoms with Gasteiger partial charge >= 0.3 is 0 Å². The lowest BCUT2D eigenvalue weighted by Crippen LogP contribution is -2.24. The number of rotatable bonds is 13. The Kier molecular flexibility index (Phi) is 13.5. The first-order valence-electron chi connectivity index (χ1n) is 8.96. The van der Waals surface area contributed by atoms with Gasteiger partial charge in [-0.1, -0.05) is 40.9 Å². The topological polar surface area (TPSA) is 53.8 Å². The summed E-state index contributed by atoms with van der Waals surface area (Å²) in [6.07, 6.45) is 9.98. The van der Waals surface area contributed by atoms with Crippen LogP contribution in [-0.4, -0.2) is 42.6 Å². The van der Waals surface area contributed by atoms with Gasteiger partial charge in [-0.15, -0.1) is 0 Å². The van der Waals surface area contributed by atoms with Crippen molar-refractivity contribution in [1.29, 1.82) is 0 Å². The van der Waals surface area contributed by atoms with E-state index in [1.54, 1.807) is 0 Å². The summed E-state index contributed by atoms with van der Waals surface area (Å²) in [6.45, 7) is 4.36. The van der Waals surface area contributed by atoms with Gasteiger partial charge < -0.3 is 5.32 Å². The Morgan fingerprint density at radius 2 is 2.04 bits per heavy atom. The third-order valence-corrected chi connectivity index (χ3v) is 6.73. The lowest BCUT2D eigenvalue weighted by molar-refractivity contribution is -0.121. The molecule has 1 atom stereocenters. The fourth-order valence-corrected chi connectivity index (χ4v) is 5.41. The Labute approximate surface area is 149 Å². The van der Waals surface area contributed by atoms with Crippen LogP contribution in [0.4, 0.5) is 0 Å². The van der Waals surface area contributed by atoms with Gasteiger partial charge in [0.1, 0.15) is 0 Å². The molecule has 0 spiro atoms. The predicted molar refractivity (Wildman–Crippen MR) is 104 cm³/mol. The van der Waals surface area contributed by atoms with Crippen molar-refractivity contribution in [2.45, 2.75) is 70.0 Å². The number of hydrogen-bond acceptors (Lipinski definition) is 5. The van der Waals surface area contributed by atoms with Crippen LogP contribution in [-0.2, 0) is 4.79 Å². The summed E-state index contributed by atoms with van der Waals surface area (Å²) in [7, 11) is 4.02. The van der Waals surface area contributed by atoms with Gasteiger partial charge in [-0.05, 0) is 39.0 Å². The highest BCUT2D eigenvalue weighted by atomic mass is 33.1. The molecule has 0 aliphatic carbocycles. The standard InChI is InChI=1S/C17H31N3OS2/c1-2-18-15-19-12-7-3-4-8-13-20-17(21)10-6-5-9-16-11-14-22-23-16/h16H,2-14H2,1H3,(H,20,21). The predicted octanol–water partition coefficient (Wildman–Crippen LogP) is 4.57. The van der Waals surface area contributed by atoms with Crippen LogP contribution >= 0.6 is 21.6 Å². The molecule has 1 rings (SSSR count). The number of unbranched alkanes of at least 4 members (excludes halogenated alkanes) is 4. The molecule has 1 aliphatic rings. The van der Waals surface area contributed by atoms with Crippen molar-refractivity contribution >= 4 is 33.5 Å². The van der Waals surface area contributed by atoms with Crippen molar-refractivity contribution in [1.82, 2.24) is 5.32 Å². The molecule has 1 N–H and O–H groups in total. The smallest absolute Gasteiger partial charge is 0.219 e. The Bertz CT molecular complexity index is 365. The van der Waals surface area contributed by atoms with Crippen molar-refractivity contribution < 1.29 is 4.79 Å². The van der Waals surface area contributed by atoms with E-state index in [-0.39, 0.29) is 5.91 Å². The van der Waals surface area contributed by atoms with Crippen LogP contribution in [0.25, 0.3) is 0 Å². The molecular weight excluding hydrogens is 326 g/mol. The first kappa shape index (κ1) is 20.6. The SMILES string of the molecule is CCN=C=NCCCCCCNC(=O)CCCCC1CCSS1. The van der Waals surface area contributed by atoms with E-state index in [1.807, 2.05) is 28.5 Å². The molecule has 1 saturated heterocycles. The second-order valence-corrected chi connectivity index (χ2v) is 8.58. The zero-order chi connectivity index (χ0) is 16.6. The third-order valence-electron chi connectivity index (χ3n) is 3.73. The maximum Gasteiger partial charge on any atom is 0.219 e. The van der Waals surface area contributed by atoms with Crippen molar-refractivity contribution in [3.63, 3.8) is 0 Å². The van der Waals surface area contributed by atoms with Gasteiger partial charge in [0.25, 0.3) is 0 Å². The normalized spacial score (nSPS) is 16.8. The number of carbonyl (C=O) groups excluding carboxylic acids is 1. The molecule has 0 aromatic heterocycles. The fourth-order valence-electron chi connectivity index (χ4n) is 2.38. The Morgan fingerprint density at radius 1 is 1.17 bits per heavy atom. The Balaban J connectivity index is 1.81. The van der Waals surface area contributed by atoms with Gasteiger partial charge in [0.15, 0.2) is 0 Å². The molecule has 0 bridgehead atoms. The van der Waals surface area contributed by atoms with E-state index in [4.69, 9.17) is 0 Å². The van der Waals surface area contributed by atoms with Crippen molar-refractivity contribution in [3.05, 3.63) is 0 Å². The van der Waals surface area contributed by atoms with Crippen molar-refractivity contribution in [2.24, 2.45) is 9.98 Å². The van der Waals surface area contributed by atoms with E-state index >= 15 is 0 Å². The maximum atomic E-state index is 11.7. The highest BCUT2D eigenvalue weighted by Gasteiger charge is 2.15. The lowest BCUT2D eigenvalue weighted by atomic mass is 10.1.